The molecule has 1 aliphatic heterocycles. The van der Waals surface area contributed by atoms with Gasteiger partial charge in [-0.15, -0.1) is 0 Å². The van der Waals surface area contributed by atoms with Crippen LogP contribution in [-0.4, -0.2) is 109 Å². The van der Waals surface area contributed by atoms with Crippen LogP contribution in [0, 0.1) is 48.8 Å². The molecule has 1 heterocycles. The molecule has 3 amide bonds. The van der Waals surface area contributed by atoms with Crippen LogP contribution in [0.5, 0.6) is 0 Å². The summed E-state index contributed by atoms with van der Waals surface area (Å²) in [6.07, 6.45) is 3.88. The number of amides is 3. The number of nitro groups is 2. The molecular weight excluding hydrogens is 730 g/mol. The van der Waals surface area contributed by atoms with Gasteiger partial charge in [0.05, 0.1) is 37.3 Å². The van der Waals surface area contributed by atoms with Crippen molar-refractivity contribution < 1.29 is 48.0 Å². The normalized spacial score (nSPS) is 27.3. The average Bonchev–Trinajstić information content (AvgIpc) is 3.68. The summed E-state index contributed by atoms with van der Waals surface area (Å²) < 4.78 is 23.2. The fraction of sp³-hybridized carbons (Fsp3) is 0.897. The maximum atomic E-state index is 14.0. The van der Waals surface area contributed by atoms with E-state index in [2.05, 4.69) is 16.0 Å². The summed E-state index contributed by atoms with van der Waals surface area (Å²) in [7, 11) is 0. The van der Waals surface area contributed by atoms with Crippen LogP contribution in [0.25, 0.3) is 0 Å². The first-order valence-corrected chi connectivity index (χ1v) is 20.4. The van der Waals surface area contributed by atoms with Crippen molar-refractivity contribution in [3.05, 3.63) is 20.2 Å². The third kappa shape index (κ3) is 14.0. The van der Waals surface area contributed by atoms with Crippen molar-refractivity contribution in [1.29, 1.82) is 0 Å². The van der Waals surface area contributed by atoms with Gasteiger partial charge in [-0.3, -0.25) is 34.6 Å². The van der Waals surface area contributed by atoms with Gasteiger partial charge in [-0.25, -0.2) is 0 Å². The summed E-state index contributed by atoms with van der Waals surface area (Å²) in [5.74, 6) is -2.26. The molecule has 0 bridgehead atoms. The van der Waals surface area contributed by atoms with E-state index < -0.39 is 57.4 Å². The summed E-state index contributed by atoms with van der Waals surface area (Å²) in [5, 5.41) is 32.0. The maximum absolute atomic E-state index is 14.0. The van der Waals surface area contributed by atoms with Crippen molar-refractivity contribution in [2.45, 2.75) is 155 Å². The maximum Gasteiger partial charge on any atom is 0.225 e. The number of carbonyl (C=O) groups is 4. The molecule has 3 N–H and O–H groups in total. The largest absolute Gasteiger partial charge is 0.378 e. The van der Waals surface area contributed by atoms with Crippen LogP contribution in [0.4, 0.5) is 0 Å². The lowest BCUT2D eigenvalue weighted by atomic mass is 9.67. The van der Waals surface area contributed by atoms with Crippen molar-refractivity contribution >= 4 is 24.0 Å². The average molecular weight is 798 g/mol. The second-order valence-electron chi connectivity index (χ2n) is 17.6. The highest BCUT2D eigenvalue weighted by atomic mass is 16.7. The van der Waals surface area contributed by atoms with E-state index in [0.717, 1.165) is 0 Å². The smallest absolute Gasteiger partial charge is 0.225 e. The highest BCUT2D eigenvalue weighted by Crippen LogP contribution is 2.42. The highest BCUT2D eigenvalue weighted by molar-refractivity contribution is 5.87. The second-order valence-corrected chi connectivity index (χ2v) is 17.6. The quantitative estimate of drug-likeness (QED) is 0.0612. The van der Waals surface area contributed by atoms with Crippen molar-refractivity contribution in [2.75, 3.05) is 39.5 Å². The number of hydrogen-bond donors (Lipinski definition) is 3. The summed E-state index contributed by atoms with van der Waals surface area (Å²) in [5.41, 5.74) is -2.50. The molecule has 2 saturated carbocycles. The fourth-order valence-electron chi connectivity index (χ4n) is 8.40. The SMILES string of the molecule is CCC(C)(CC(C)(CC(C)C(=O)NC(C)(C)C)C(=O)NCCCOC1CCC([N+](=O)[O-])C(C2OCCO2)C1)C(=O)NCCCOC1CCC([N+](=O)[O-])C(C=O)C1. The lowest BCUT2D eigenvalue weighted by Crippen LogP contribution is -2.50. The van der Waals surface area contributed by atoms with Gasteiger partial charge >= 0.3 is 0 Å². The van der Waals surface area contributed by atoms with Crippen LogP contribution in [0.15, 0.2) is 0 Å². The minimum Gasteiger partial charge on any atom is -0.378 e. The molecule has 3 rings (SSSR count). The van der Waals surface area contributed by atoms with Crippen molar-refractivity contribution in [2.24, 2.45) is 28.6 Å². The van der Waals surface area contributed by atoms with Crippen LogP contribution >= 0.6 is 0 Å². The van der Waals surface area contributed by atoms with Crippen LogP contribution in [0.2, 0.25) is 0 Å². The van der Waals surface area contributed by atoms with Crippen LogP contribution in [-0.2, 0) is 38.1 Å². The minimum absolute atomic E-state index is 0.183. The standard InChI is InChI=1S/C39H67N5O12/c1-8-38(6,35(47)40-15-9-17-53-28-11-13-31(43(49)50)27(21-28)24-45)25-39(7,23-26(2)33(46)42-37(3,4)5)36(48)41-16-10-18-54-29-12-14-32(44(51)52)30(22-29)34-55-19-20-56-34/h24,26-32,34H,8-23,25H2,1-7H3,(H,40,47)(H,41,48)(H,42,46). The van der Waals surface area contributed by atoms with Gasteiger partial charge in [0.1, 0.15) is 6.29 Å². The molecule has 0 radical (unpaired) electrons. The van der Waals surface area contributed by atoms with Crippen molar-refractivity contribution in [1.82, 2.24) is 16.0 Å². The zero-order valence-corrected chi connectivity index (χ0v) is 34.5. The molecule has 56 heavy (non-hydrogen) atoms. The summed E-state index contributed by atoms with van der Waals surface area (Å²) >= 11 is 0. The first-order valence-electron chi connectivity index (χ1n) is 20.4. The van der Waals surface area contributed by atoms with Gasteiger partial charge in [-0.05, 0) is 78.6 Å². The van der Waals surface area contributed by atoms with E-state index in [1.807, 2.05) is 34.6 Å². The number of hydrogen-bond acceptors (Lipinski definition) is 12. The molecule has 0 aromatic rings. The Hall–Kier alpha value is -3.28. The molecule has 1 saturated heterocycles. The topological polar surface area (TPSA) is 228 Å². The number of ether oxygens (including phenoxy) is 4. The van der Waals surface area contributed by atoms with Crippen molar-refractivity contribution in [3.8, 4) is 0 Å². The third-order valence-electron chi connectivity index (χ3n) is 11.6. The zero-order chi connectivity index (χ0) is 41.7. The first kappa shape index (κ1) is 47.1. The van der Waals surface area contributed by atoms with E-state index in [1.54, 1.807) is 13.8 Å². The number of nitrogens with zero attached hydrogens (tertiary/aromatic N) is 2. The predicted octanol–water partition coefficient (Wildman–Crippen LogP) is 3.99. The molecule has 3 aliphatic rings. The van der Waals surface area contributed by atoms with E-state index in [0.29, 0.717) is 97.2 Å². The van der Waals surface area contributed by atoms with Crippen molar-refractivity contribution in [3.63, 3.8) is 0 Å². The first-order chi connectivity index (χ1) is 26.3. The van der Waals surface area contributed by atoms with Crippen LogP contribution in [0.3, 0.4) is 0 Å². The monoisotopic (exact) mass is 797 g/mol. The highest BCUT2D eigenvalue weighted by Gasteiger charge is 2.47. The molecule has 2 aliphatic carbocycles. The Balaban J connectivity index is 1.56. The summed E-state index contributed by atoms with van der Waals surface area (Å²) in [6.45, 7) is 15.1. The molecule has 0 aromatic carbocycles. The molecule has 17 heteroatoms. The molecule has 9 atom stereocenters. The molecule has 0 aromatic heterocycles. The molecule has 9 unspecified atom stereocenters. The van der Waals surface area contributed by atoms with E-state index in [9.17, 15) is 39.4 Å². The van der Waals surface area contributed by atoms with Gasteiger partial charge < -0.3 is 39.7 Å². The van der Waals surface area contributed by atoms with Gasteiger partial charge in [-0.1, -0.05) is 27.7 Å². The number of rotatable bonds is 22. The molecule has 320 valence electrons. The molecule has 3 fully saturated rings. The Bertz CT molecular complexity index is 1340. The van der Waals surface area contributed by atoms with Gasteiger partial charge in [0.2, 0.25) is 29.8 Å². The Labute approximate surface area is 331 Å². The van der Waals surface area contributed by atoms with Gasteiger partial charge in [0, 0.05) is 71.3 Å². The van der Waals surface area contributed by atoms with E-state index in [-0.39, 0.29) is 54.1 Å². The number of nitrogens with one attached hydrogen (secondary N) is 3. The Morgan fingerprint density at radius 2 is 1.34 bits per heavy atom. The van der Waals surface area contributed by atoms with Crippen LogP contribution in [0.1, 0.15) is 119 Å². The Morgan fingerprint density at radius 3 is 1.84 bits per heavy atom. The number of carbonyl (C=O) groups excluding carboxylic acids is 4. The van der Waals surface area contributed by atoms with Gasteiger partial charge in [-0.2, -0.15) is 0 Å². The Morgan fingerprint density at radius 1 is 0.821 bits per heavy atom. The molecule has 17 nitrogen and oxygen atoms in total. The minimum atomic E-state index is -1.09. The predicted molar refractivity (Wildman–Crippen MR) is 206 cm³/mol. The van der Waals surface area contributed by atoms with E-state index in [4.69, 9.17) is 18.9 Å². The van der Waals surface area contributed by atoms with Gasteiger partial charge in [0.15, 0.2) is 6.29 Å². The third-order valence-corrected chi connectivity index (χ3v) is 11.6. The molecule has 0 spiro atoms. The van der Waals surface area contributed by atoms with Gasteiger partial charge in [0.25, 0.3) is 0 Å². The van der Waals surface area contributed by atoms with E-state index in [1.165, 1.54) is 0 Å². The Kier molecular flexibility index (Phi) is 18.1. The van der Waals surface area contributed by atoms with Crippen LogP contribution < -0.4 is 16.0 Å². The van der Waals surface area contributed by atoms with E-state index >= 15 is 0 Å². The molecular formula is C39H67N5O12. The summed E-state index contributed by atoms with van der Waals surface area (Å²) in [4.78, 5) is 74.6. The fourth-order valence-corrected chi connectivity index (χ4v) is 8.40. The zero-order valence-electron chi connectivity index (χ0n) is 34.5. The lowest BCUT2D eigenvalue weighted by molar-refractivity contribution is -0.542. The lowest BCUT2D eigenvalue weighted by Gasteiger charge is -2.39. The number of aldehydes is 1. The summed E-state index contributed by atoms with van der Waals surface area (Å²) in [6, 6.07) is -1.62. The second kappa shape index (κ2) is 21.5.